The molecule has 0 aromatic heterocycles. The summed E-state index contributed by atoms with van der Waals surface area (Å²) in [6.45, 7) is 4.55. The number of anilines is 1. The first-order chi connectivity index (χ1) is 12.1. The van der Waals surface area contributed by atoms with Gasteiger partial charge in [0.1, 0.15) is 6.61 Å². The average molecular weight is 405 g/mol. The highest BCUT2D eigenvalue weighted by Gasteiger charge is 2.17. The Morgan fingerprint density at radius 3 is 2.48 bits per heavy atom. The summed E-state index contributed by atoms with van der Waals surface area (Å²) in [5.41, 5.74) is 3.39. The molecule has 0 unspecified atom stereocenters. The first kappa shape index (κ1) is 19.0. The second kappa shape index (κ2) is 9.22. The highest BCUT2D eigenvalue weighted by atomic mass is 79.9. The molecule has 0 aliphatic carbocycles. The van der Waals surface area contributed by atoms with Gasteiger partial charge in [-0.2, -0.15) is 0 Å². The molecule has 0 heterocycles. The Kier molecular flexibility index (Phi) is 7.01. The van der Waals surface area contributed by atoms with E-state index in [2.05, 4.69) is 21.1 Å². The summed E-state index contributed by atoms with van der Waals surface area (Å²) < 4.78 is 5.85. The number of oxime groups is 1. The van der Waals surface area contributed by atoms with E-state index in [1.165, 1.54) is 7.11 Å². The zero-order chi connectivity index (χ0) is 18.2. The van der Waals surface area contributed by atoms with Crippen LogP contribution >= 0.6 is 15.9 Å². The van der Waals surface area contributed by atoms with Gasteiger partial charge in [-0.05, 0) is 37.6 Å². The molecule has 0 aliphatic rings. The van der Waals surface area contributed by atoms with E-state index in [1.54, 1.807) is 4.90 Å². The van der Waals surface area contributed by atoms with E-state index in [1.807, 2.05) is 62.4 Å². The maximum absolute atomic E-state index is 11.9. The highest BCUT2D eigenvalue weighted by molar-refractivity contribution is 9.10. The number of rotatable bonds is 6. The van der Waals surface area contributed by atoms with Crippen molar-refractivity contribution in [3.8, 4) is 0 Å². The maximum atomic E-state index is 11.9. The second-order valence-corrected chi connectivity index (χ2v) is 6.22. The van der Waals surface area contributed by atoms with Crippen molar-refractivity contribution in [2.75, 3.05) is 18.6 Å². The Labute approximate surface area is 156 Å². The van der Waals surface area contributed by atoms with Gasteiger partial charge in [0.05, 0.1) is 18.5 Å². The lowest BCUT2D eigenvalue weighted by molar-refractivity contribution is 0.130. The van der Waals surface area contributed by atoms with Gasteiger partial charge in [0.15, 0.2) is 0 Å². The van der Waals surface area contributed by atoms with Crippen LogP contribution in [0.2, 0.25) is 0 Å². The predicted molar refractivity (Wildman–Crippen MR) is 103 cm³/mol. The summed E-state index contributed by atoms with van der Waals surface area (Å²) >= 11 is 3.41. The summed E-state index contributed by atoms with van der Waals surface area (Å²) in [6, 6.07) is 15.4. The minimum absolute atomic E-state index is 0.261. The topological polar surface area (TPSA) is 51.1 Å². The molecule has 132 valence electrons. The number of nitrogens with zero attached hydrogens (tertiary/aromatic N) is 2. The van der Waals surface area contributed by atoms with Crippen molar-refractivity contribution in [3.63, 3.8) is 0 Å². The zero-order valence-corrected chi connectivity index (χ0v) is 16.1. The molecule has 2 rings (SSSR count). The first-order valence-electron chi connectivity index (χ1n) is 7.92. The summed E-state index contributed by atoms with van der Waals surface area (Å²) in [5, 5.41) is 4.18. The van der Waals surface area contributed by atoms with Crippen molar-refractivity contribution in [2.24, 2.45) is 5.16 Å². The van der Waals surface area contributed by atoms with Crippen LogP contribution in [0.1, 0.15) is 25.0 Å². The smallest absolute Gasteiger partial charge is 0.413 e. The Morgan fingerprint density at radius 1 is 1.16 bits per heavy atom. The van der Waals surface area contributed by atoms with Gasteiger partial charge in [-0.15, -0.1) is 0 Å². The van der Waals surface area contributed by atoms with Gasteiger partial charge in [0, 0.05) is 16.6 Å². The molecule has 5 nitrogen and oxygen atoms in total. The van der Waals surface area contributed by atoms with Gasteiger partial charge < -0.3 is 9.57 Å². The van der Waals surface area contributed by atoms with Crippen LogP contribution in [-0.2, 0) is 16.2 Å². The molecular weight excluding hydrogens is 384 g/mol. The van der Waals surface area contributed by atoms with Crippen LogP contribution in [0.5, 0.6) is 0 Å². The second-order valence-electron chi connectivity index (χ2n) is 5.30. The number of halogens is 1. The fourth-order valence-corrected chi connectivity index (χ4v) is 2.61. The number of carbonyl (C=O) groups is 1. The van der Waals surface area contributed by atoms with Crippen molar-refractivity contribution in [1.82, 2.24) is 0 Å². The maximum Gasteiger partial charge on any atom is 0.413 e. The molecule has 2 aromatic carbocycles. The largest absolute Gasteiger partial charge is 0.452 e. The third-order valence-electron chi connectivity index (χ3n) is 3.68. The average Bonchev–Trinajstić information content (AvgIpc) is 2.63. The first-order valence-corrected chi connectivity index (χ1v) is 8.72. The van der Waals surface area contributed by atoms with Crippen LogP contribution in [0.3, 0.4) is 0 Å². The van der Waals surface area contributed by atoms with E-state index in [4.69, 9.17) is 9.57 Å². The van der Waals surface area contributed by atoms with Gasteiger partial charge >= 0.3 is 6.09 Å². The standard InChI is InChI=1S/C19H21BrN2O3/c1-4-22(19(23)24-3)18-8-6-5-7-16(18)13-25-21-14(2)15-9-11-17(20)12-10-15/h5-12H,4,13H2,1-3H3/b21-14+. The van der Waals surface area contributed by atoms with Crippen LogP contribution in [-0.4, -0.2) is 25.5 Å². The summed E-state index contributed by atoms with van der Waals surface area (Å²) in [6.07, 6.45) is -0.399. The Bertz CT molecular complexity index is 745. The van der Waals surface area contributed by atoms with E-state index in [9.17, 15) is 4.79 Å². The van der Waals surface area contributed by atoms with Gasteiger partial charge in [0.25, 0.3) is 0 Å². The minimum atomic E-state index is -0.399. The van der Waals surface area contributed by atoms with E-state index in [0.717, 1.165) is 27.0 Å². The number of ether oxygens (including phenoxy) is 1. The van der Waals surface area contributed by atoms with Crippen LogP contribution in [0.15, 0.2) is 58.2 Å². The van der Waals surface area contributed by atoms with E-state index >= 15 is 0 Å². The number of para-hydroxylation sites is 1. The molecule has 0 atom stereocenters. The zero-order valence-electron chi connectivity index (χ0n) is 14.5. The lowest BCUT2D eigenvalue weighted by atomic mass is 10.1. The SMILES string of the molecule is CCN(C(=O)OC)c1ccccc1CO/N=C(\C)c1ccc(Br)cc1. The van der Waals surface area contributed by atoms with Crippen LogP contribution < -0.4 is 4.90 Å². The lowest BCUT2D eigenvalue weighted by Crippen LogP contribution is -2.31. The Balaban J connectivity index is 2.12. The number of hydrogen-bond donors (Lipinski definition) is 0. The molecule has 0 saturated heterocycles. The number of amides is 1. The number of hydrogen-bond acceptors (Lipinski definition) is 4. The molecule has 0 bridgehead atoms. The van der Waals surface area contributed by atoms with E-state index < -0.39 is 6.09 Å². The number of benzene rings is 2. The van der Waals surface area contributed by atoms with E-state index in [0.29, 0.717) is 6.54 Å². The molecular formula is C19H21BrN2O3. The molecule has 1 amide bonds. The number of carbonyl (C=O) groups excluding carboxylic acids is 1. The monoisotopic (exact) mass is 404 g/mol. The van der Waals surface area contributed by atoms with Gasteiger partial charge in [-0.25, -0.2) is 4.79 Å². The molecule has 6 heteroatoms. The molecule has 2 aromatic rings. The molecule has 0 radical (unpaired) electrons. The fraction of sp³-hybridized carbons (Fsp3) is 0.263. The third kappa shape index (κ3) is 5.06. The van der Waals surface area contributed by atoms with Crippen molar-refractivity contribution in [3.05, 3.63) is 64.1 Å². The Morgan fingerprint density at radius 2 is 1.84 bits per heavy atom. The van der Waals surface area contributed by atoms with Crippen molar-refractivity contribution >= 4 is 33.4 Å². The molecule has 0 aliphatic heterocycles. The summed E-state index contributed by atoms with van der Waals surface area (Å²) in [7, 11) is 1.37. The normalized spacial score (nSPS) is 11.1. The van der Waals surface area contributed by atoms with Gasteiger partial charge in [0.2, 0.25) is 0 Å². The molecule has 0 N–H and O–H groups in total. The Hall–Kier alpha value is -2.34. The summed E-state index contributed by atoms with van der Waals surface area (Å²) in [5.74, 6) is 0. The third-order valence-corrected chi connectivity index (χ3v) is 4.21. The van der Waals surface area contributed by atoms with Gasteiger partial charge in [-0.1, -0.05) is 51.4 Å². The molecule has 0 saturated carbocycles. The quantitative estimate of drug-likeness (QED) is 0.503. The van der Waals surface area contributed by atoms with Crippen LogP contribution in [0, 0.1) is 0 Å². The predicted octanol–water partition coefficient (Wildman–Crippen LogP) is 4.98. The summed E-state index contributed by atoms with van der Waals surface area (Å²) in [4.78, 5) is 19.0. The molecule has 25 heavy (non-hydrogen) atoms. The molecule has 0 fully saturated rings. The fourth-order valence-electron chi connectivity index (χ4n) is 2.35. The lowest BCUT2D eigenvalue weighted by Gasteiger charge is -2.21. The van der Waals surface area contributed by atoms with Crippen LogP contribution in [0.25, 0.3) is 0 Å². The van der Waals surface area contributed by atoms with Crippen molar-refractivity contribution in [2.45, 2.75) is 20.5 Å². The van der Waals surface area contributed by atoms with Crippen molar-refractivity contribution in [1.29, 1.82) is 0 Å². The highest BCUT2D eigenvalue weighted by Crippen LogP contribution is 2.22. The minimum Gasteiger partial charge on any atom is -0.452 e. The molecule has 0 spiro atoms. The van der Waals surface area contributed by atoms with Crippen molar-refractivity contribution < 1.29 is 14.4 Å². The van der Waals surface area contributed by atoms with Gasteiger partial charge in [-0.3, -0.25) is 4.90 Å². The van der Waals surface area contributed by atoms with E-state index in [-0.39, 0.29) is 6.61 Å². The van der Waals surface area contributed by atoms with Crippen LogP contribution in [0.4, 0.5) is 10.5 Å². The number of methoxy groups -OCH3 is 1.